The quantitative estimate of drug-likeness (QED) is 0.668. The normalized spacial score (nSPS) is 25.6. The summed E-state index contributed by atoms with van der Waals surface area (Å²) in [7, 11) is 0. The molecule has 0 spiro atoms. The summed E-state index contributed by atoms with van der Waals surface area (Å²) in [5, 5.41) is 0.709. The third kappa shape index (κ3) is 3.71. The number of allylic oxidation sites excluding steroid dienone is 4. The lowest BCUT2D eigenvalue weighted by Crippen LogP contribution is -2.46. The van der Waals surface area contributed by atoms with Gasteiger partial charge in [-0.25, -0.2) is 0 Å². The minimum atomic E-state index is 0.0803. The van der Waals surface area contributed by atoms with Crippen LogP contribution in [0.25, 0.3) is 0 Å². The monoisotopic (exact) mass is 410 g/mol. The molecule has 152 valence electrons. The standard InChI is InChI=1S/C23H26N2O3S/c1-3-18(22-12-17-11-21(17)29-22)23(26)15(2)25-8-6-24(7-9-25)13-16-4-5-19-20(10-16)28-14-27-19/h3-5,10,12,17,21H,2,6-9,11,13-14H2,1H3/b18-3-. The lowest BCUT2D eigenvalue weighted by molar-refractivity contribution is -0.113. The average Bonchev–Trinajstić information content (AvgIpc) is 3.13. The molecule has 5 rings (SSSR count). The summed E-state index contributed by atoms with van der Waals surface area (Å²) in [5.41, 5.74) is 2.68. The van der Waals surface area contributed by atoms with Crippen LogP contribution in [-0.4, -0.2) is 53.8 Å². The van der Waals surface area contributed by atoms with Crippen LogP contribution < -0.4 is 9.47 Å². The molecule has 1 aliphatic carbocycles. The van der Waals surface area contributed by atoms with Crippen molar-refractivity contribution in [3.63, 3.8) is 0 Å². The van der Waals surface area contributed by atoms with Gasteiger partial charge in [0.05, 0.1) is 5.70 Å². The molecule has 1 aromatic carbocycles. The van der Waals surface area contributed by atoms with Crippen LogP contribution in [0.15, 0.2) is 53.1 Å². The van der Waals surface area contributed by atoms with Crippen molar-refractivity contribution < 1.29 is 14.3 Å². The molecule has 1 saturated carbocycles. The van der Waals surface area contributed by atoms with Gasteiger partial charge in [0.1, 0.15) is 0 Å². The zero-order valence-electron chi connectivity index (χ0n) is 16.7. The lowest BCUT2D eigenvalue weighted by Gasteiger charge is -2.36. The summed E-state index contributed by atoms with van der Waals surface area (Å²) in [5.74, 6) is 2.42. The Bertz CT molecular complexity index is 915. The Balaban J connectivity index is 1.16. The van der Waals surface area contributed by atoms with E-state index < -0.39 is 0 Å². The summed E-state index contributed by atoms with van der Waals surface area (Å²) >= 11 is 1.86. The van der Waals surface area contributed by atoms with E-state index in [9.17, 15) is 4.79 Å². The van der Waals surface area contributed by atoms with Crippen molar-refractivity contribution in [2.45, 2.75) is 25.1 Å². The molecule has 0 amide bonds. The fraction of sp³-hybridized carbons (Fsp3) is 0.435. The molecule has 0 N–H and O–H groups in total. The molecule has 2 unspecified atom stereocenters. The fourth-order valence-corrected chi connectivity index (χ4v) is 5.70. The predicted octanol–water partition coefficient (Wildman–Crippen LogP) is 3.58. The second kappa shape index (κ2) is 7.58. The summed E-state index contributed by atoms with van der Waals surface area (Å²) < 4.78 is 10.9. The minimum absolute atomic E-state index is 0.0803. The number of rotatable bonds is 6. The largest absolute Gasteiger partial charge is 0.454 e. The molecular weight excluding hydrogens is 384 g/mol. The molecule has 3 heterocycles. The Kier molecular flexibility index (Phi) is 4.92. The average molecular weight is 411 g/mol. The number of thioether (sulfide) groups is 1. The summed E-state index contributed by atoms with van der Waals surface area (Å²) in [6.45, 7) is 10.7. The van der Waals surface area contributed by atoms with Gasteiger partial charge >= 0.3 is 0 Å². The number of ketones is 1. The van der Waals surface area contributed by atoms with Crippen LogP contribution in [-0.2, 0) is 11.3 Å². The van der Waals surface area contributed by atoms with Gasteiger partial charge in [0.2, 0.25) is 12.6 Å². The van der Waals surface area contributed by atoms with E-state index in [1.54, 1.807) is 0 Å². The highest BCUT2D eigenvalue weighted by Crippen LogP contribution is 2.54. The van der Waals surface area contributed by atoms with E-state index in [0.29, 0.717) is 23.7 Å². The predicted molar refractivity (Wildman–Crippen MR) is 115 cm³/mol. The van der Waals surface area contributed by atoms with Gasteiger partial charge in [-0.1, -0.05) is 24.8 Å². The first-order valence-corrected chi connectivity index (χ1v) is 11.1. The molecule has 3 aliphatic heterocycles. The van der Waals surface area contributed by atoms with Crippen LogP contribution in [0, 0.1) is 5.92 Å². The van der Waals surface area contributed by atoms with Crippen LogP contribution >= 0.6 is 11.8 Å². The second-order valence-electron chi connectivity index (χ2n) is 8.02. The lowest BCUT2D eigenvalue weighted by atomic mass is 10.1. The van der Waals surface area contributed by atoms with Crippen LogP contribution in [0.2, 0.25) is 0 Å². The maximum atomic E-state index is 13.1. The SMILES string of the molecule is C=C(C(=O)/C(=C\C)C1=CC2CC2S1)N1CCN(Cc2ccc3c(c2)OCO3)CC1. The van der Waals surface area contributed by atoms with E-state index in [2.05, 4.69) is 34.6 Å². The third-order valence-electron chi connectivity index (χ3n) is 6.08. The molecule has 2 atom stereocenters. The maximum Gasteiger partial charge on any atom is 0.231 e. The first kappa shape index (κ1) is 18.8. The van der Waals surface area contributed by atoms with Gasteiger partial charge in [-0.3, -0.25) is 9.69 Å². The summed E-state index contributed by atoms with van der Waals surface area (Å²) in [6.07, 6.45) is 5.50. The van der Waals surface area contributed by atoms with Crippen molar-refractivity contribution in [1.82, 2.24) is 9.80 Å². The first-order chi connectivity index (χ1) is 14.1. The smallest absolute Gasteiger partial charge is 0.231 e. The van der Waals surface area contributed by atoms with Crippen molar-refractivity contribution in [1.29, 1.82) is 0 Å². The molecule has 1 aromatic rings. The van der Waals surface area contributed by atoms with E-state index in [-0.39, 0.29) is 5.78 Å². The molecule has 0 aromatic heterocycles. The molecule has 1 saturated heterocycles. The van der Waals surface area contributed by atoms with Crippen molar-refractivity contribution >= 4 is 17.5 Å². The van der Waals surface area contributed by atoms with Gasteiger partial charge in [0.15, 0.2) is 11.5 Å². The van der Waals surface area contributed by atoms with Crippen molar-refractivity contribution in [3.8, 4) is 11.5 Å². The number of benzene rings is 1. The first-order valence-electron chi connectivity index (χ1n) is 10.3. The Labute approximate surface area is 176 Å². The zero-order chi connectivity index (χ0) is 20.0. The number of piperazine rings is 1. The van der Waals surface area contributed by atoms with Crippen LogP contribution in [0.3, 0.4) is 0 Å². The summed E-state index contributed by atoms with van der Waals surface area (Å²) in [6, 6.07) is 6.14. The number of nitrogens with zero attached hydrogens (tertiary/aromatic N) is 2. The van der Waals surface area contributed by atoms with Gasteiger partial charge in [-0.05, 0) is 37.0 Å². The Morgan fingerprint density at radius 1 is 1.24 bits per heavy atom. The molecular formula is C23H26N2O3S. The van der Waals surface area contributed by atoms with Crippen LogP contribution in [0.4, 0.5) is 0 Å². The number of ether oxygens (including phenoxy) is 2. The van der Waals surface area contributed by atoms with Gasteiger partial charge in [-0.15, -0.1) is 11.8 Å². The molecule has 6 heteroatoms. The fourth-order valence-electron chi connectivity index (χ4n) is 4.21. The Morgan fingerprint density at radius 2 is 2.03 bits per heavy atom. The van der Waals surface area contributed by atoms with E-state index in [1.165, 1.54) is 12.0 Å². The third-order valence-corrected chi connectivity index (χ3v) is 7.54. The number of fused-ring (bicyclic) bond motifs is 2. The minimum Gasteiger partial charge on any atom is -0.454 e. The van der Waals surface area contributed by atoms with Crippen molar-refractivity contribution in [2.24, 2.45) is 5.92 Å². The number of Topliss-reactive ketones (excluding diaryl/α,β-unsaturated/α-hetero) is 1. The van der Waals surface area contributed by atoms with Gasteiger partial charge in [-0.2, -0.15) is 0 Å². The van der Waals surface area contributed by atoms with E-state index in [0.717, 1.165) is 54.7 Å². The van der Waals surface area contributed by atoms with E-state index in [4.69, 9.17) is 9.47 Å². The molecule has 5 nitrogen and oxygen atoms in total. The van der Waals surface area contributed by atoms with E-state index >= 15 is 0 Å². The topological polar surface area (TPSA) is 42.0 Å². The number of carbonyl (C=O) groups is 1. The van der Waals surface area contributed by atoms with Crippen molar-refractivity contribution in [3.05, 3.63) is 58.7 Å². The summed E-state index contributed by atoms with van der Waals surface area (Å²) in [4.78, 5) is 18.8. The van der Waals surface area contributed by atoms with Gasteiger partial charge < -0.3 is 14.4 Å². The zero-order valence-corrected chi connectivity index (χ0v) is 17.5. The van der Waals surface area contributed by atoms with Crippen LogP contribution in [0.5, 0.6) is 11.5 Å². The Morgan fingerprint density at radius 3 is 2.76 bits per heavy atom. The van der Waals surface area contributed by atoms with Crippen molar-refractivity contribution in [2.75, 3.05) is 33.0 Å². The highest BCUT2D eigenvalue weighted by atomic mass is 32.2. The Hall–Kier alpha value is -2.18. The van der Waals surface area contributed by atoms with Gasteiger partial charge in [0, 0.05) is 48.5 Å². The van der Waals surface area contributed by atoms with E-state index in [1.807, 2.05) is 30.8 Å². The number of hydrogen-bond acceptors (Lipinski definition) is 6. The van der Waals surface area contributed by atoms with Gasteiger partial charge in [0.25, 0.3) is 0 Å². The highest BCUT2D eigenvalue weighted by molar-refractivity contribution is 8.04. The number of carbonyl (C=O) groups excluding carboxylic acids is 1. The number of hydrogen-bond donors (Lipinski definition) is 0. The molecule has 0 radical (unpaired) electrons. The molecule has 4 aliphatic rings. The molecule has 0 bridgehead atoms. The van der Waals surface area contributed by atoms with Crippen LogP contribution in [0.1, 0.15) is 18.9 Å². The highest BCUT2D eigenvalue weighted by Gasteiger charge is 2.43. The molecule has 2 fully saturated rings. The maximum absolute atomic E-state index is 13.1. The molecule has 29 heavy (non-hydrogen) atoms. The second-order valence-corrected chi connectivity index (χ2v) is 9.30.